The first kappa shape index (κ1) is 13.6. The second-order valence-corrected chi connectivity index (χ2v) is 7.42. The second-order valence-electron chi connectivity index (χ2n) is 2.67. The van der Waals surface area contributed by atoms with Gasteiger partial charge >= 0.3 is 0 Å². The number of rotatable bonds is 1. The van der Waals surface area contributed by atoms with Crippen LogP contribution in [0.15, 0.2) is 0 Å². The lowest BCUT2D eigenvalue weighted by Gasteiger charge is -1.94. The molecule has 0 N–H and O–H groups in total. The third-order valence-corrected chi connectivity index (χ3v) is 7.03. The zero-order chi connectivity index (χ0) is 12.0. The summed E-state index contributed by atoms with van der Waals surface area (Å²) in [6.45, 7) is 0. The van der Waals surface area contributed by atoms with E-state index in [4.69, 9.17) is 69.6 Å². The van der Waals surface area contributed by atoms with Gasteiger partial charge in [0, 0.05) is 0 Å². The molecule has 0 nitrogen and oxygen atoms in total. The minimum atomic E-state index is 0.319. The number of hydrogen-bond donors (Lipinski definition) is 0. The topological polar surface area (TPSA) is 0 Å². The van der Waals surface area contributed by atoms with Crippen molar-refractivity contribution in [1.29, 1.82) is 0 Å². The molecular weight excluding hydrogens is 373 g/mol. The number of halogens is 6. The lowest BCUT2D eigenvalue weighted by Crippen LogP contribution is -1.67. The molecule has 86 valence electrons. The lowest BCUT2D eigenvalue weighted by atomic mass is 10.4. The zero-order valence-corrected chi connectivity index (χ0v) is 13.3. The molecule has 0 saturated heterocycles. The quantitative estimate of drug-likeness (QED) is 0.489. The van der Waals surface area contributed by atoms with Crippen molar-refractivity contribution in [2.75, 3.05) is 0 Å². The van der Waals surface area contributed by atoms with Crippen LogP contribution < -0.4 is 0 Å². The first-order valence-corrected chi connectivity index (χ1v) is 7.60. The van der Waals surface area contributed by atoms with Gasteiger partial charge in [-0.25, -0.2) is 0 Å². The summed E-state index contributed by atoms with van der Waals surface area (Å²) in [5.41, 5.74) is 0. The van der Waals surface area contributed by atoms with E-state index in [-0.39, 0.29) is 0 Å². The molecule has 2 heterocycles. The summed E-state index contributed by atoms with van der Waals surface area (Å²) in [7, 11) is 0. The third-order valence-electron chi connectivity index (χ3n) is 1.72. The molecule has 0 spiro atoms. The standard InChI is InChI=1S/C8Cl6S2/c9-1-3(11)7(13)15-5(1)6-2(10)4(12)8(14)16-6. The van der Waals surface area contributed by atoms with Crippen LogP contribution in [0.25, 0.3) is 9.75 Å². The summed E-state index contributed by atoms with van der Waals surface area (Å²) >= 11 is 38.1. The number of thiophene rings is 2. The molecule has 0 aromatic carbocycles. The van der Waals surface area contributed by atoms with Crippen LogP contribution in [0.3, 0.4) is 0 Å². The molecule has 0 aliphatic carbocycles. The van der Waals surface area contributed by atoms with Crippen LogP contribution in [0, 0.1) is 0 Å². The maximum Gasteiger partial charge on any atom is 0.114 e. The highest BCUT2D eigenvalue weighted by Gasteiger charge is 2.22. The molecule has 0 saturated carbocycles. The average molecular weight is 373 g/mol. The van der Waals surface area contributed by atoms with Gasteiger partial charge in [0.1, 0.15) is 8.67 Å². The van der Waals surface area contributed by atoms with Gasteiger partial charge in [0.15, 0.2) is 0 Å². The van der Waals surface area contributed by atoms with E-state index in [2.05, 4.69) is 0 Å². The molecule has 0 radical (unpaired) electrons. The molecule has 0 aliphatic rings. The third kappa shape index (κ3) is 2.19. The van der Waals surface area contributed by atoms with Gasteiger partial charge in [-0.15, -0.1) is 22.7 Å². The first-order valence-electron chi connectivity index (χ1n) is 3.70. The fourth-order valence-electron chi connectivity index (χ4n) is 1.02. The number of hydrogen-bond acceptors (Lipinski definition) is 2. The highest BCUT2D eigenvalue weighted by atomic mass is 35.5. The van der Waals surface area contributed by atoms with Crippen molar-refractivity contribution >= 4 is 92.3 Å². The van der Waals surface area contributed by atoms with Crippen LogP contribution >= 0.6 is 92.3 Å². The van der Waals surface area contributed by atoms with Crippen LogP contribution in [0.5, 0.6) is 0 Å². The summed E-state index contributed by atoms with van der Waals surface area (Å²) in [4.78, 5) is 1.36. The Morgan fingerprint density at radius 2 is 0.812 bits per heavy atom. The molecule has 2 aromatic heterocycles. The van der Waals surface area contributed by atoms with Crippen LogP contribution in [-0.2, 0) is 0 Å². The highest BCUT2D eigenvalue weighted by Crippen LogP contribution is 2.53. The van der Waals surface area contributed by atoms with Gasteiger partial charge in [-0.05, 0) is 0 Å². The summed E-state index contributed by atoms with van der Waals surface area (Å²) in [6.07, 6.45) is 0. The minimum Gasteiger partial charge on any atom is -0.119 e. The summed E-state index contributed by atoms with van der Waals surface area (Å²) in [5.74, 6) is 0. The normalized spacial score (nSPS) is 11.1. The van der Waals surface area contributed by atoms with E-state index < -0.39 is 0 Å². The molecule has 0 unspecified atom stereocenters. The van der Waals surface area contributed by atoms with E-state index in [1.807, 2.05) is 0 Å². The molecule has 0 aliphatic heterocycles. The van der Waals surface area contributed by atoms with E-state index in [0.29, 0.717) is 38.5 Å². The van der Waals surface area contributed by atoms with Gasteiger partial charge in [0.25, 0.3) is 0 Å². The van der Waals surface area contributed by atoms with Crippen molar-refractivity contribution in [1.82, 2.24) is 0 Å². The van der Waals surface area contributed by atoms with Crippen molar-refractivity contribution < 1.29 is 0 Å². The Hall–Kier alpha value is 1.14. The summed E-state index contributed by atoms with van der Waals surface area (Å²) in [6, 6.07) is 0. The Kier molecular flexibility index (Phi) is 4.26. The smallest absolute Gasteiger partial charge is 0.114 e. The van der Waals surface area contributed by atoms with E-state index in [1.165, 1.54) is 22.7 Å². The van der Waals surface area contributed by atoms with Crippen molar-refractivity contribution in [3.63, 3.8) is 0 Å². The lowest BCUT2D eigenvalue weighted by molar-refractivity contribution is 1.91. The van der Waals surface area contributed by atoms with Crippen molar-refractivity contribution in [2.24, 2.45) is 0 Å². The molecule has 0 atom stereocenters. The molecule has 0 bridgehead atoms. The monoisotopic (exact) mass is 370 g/mol. The molecule has 0 amide bonds. The molecule has 8 heteroatoms. The summed E-state index contributed by atoms with van der Waals surface area (Å²) in [5, 5.41) is 1.38. The summed E-state index contributed by atoms with van der Waals surface area (Å²) < 4.78 is 0.830. The van der Waals surface area contributed by atoms with Gasteiger partial charge in [0.2, 0.25) is 0 Å². The van der Waals surface area contributed by atoms with Gasteiger partial charge < -0.3 is 0 Å². The van der Waals surface area contributed by atoms with Gasteiger partial charge in [0.05, 0.1) is 29.8 Å². The maximum atomic E-state index is 6.04. The Balaban J connectivity index is 2.68. The second kappa shape index (κ2) is 5.02. The van der Waals surface area contributed by atoms with Crippen LogP contribution in [0.2, 0.25) is 28.8 Å². The van der Waals surface area contributed by atoms with Crippen LogP contribution in [0.1, 0.15) is 0 Å². The first-order chi connectivity index (χ1) is 7.43. The molecule has 2 aromatic rings. The van der Waals surface area contributed by atoms with Crippen LogP contribution in [0.4, 0.5) is 0 Å². The van der Waals surface area contributed by atoms with E-state index in [9.17, 15) is 0 Å². The fraction of sp³-hybridized carbons (Fsp3) is 0. The zero-order valence-electron chi connectivity index (χ0n) is 7.08. The Morgan fingerprint density at radius 1 is 0.500 bits per heavy atom. The molecule has 0 fully saturated rings. The highest BCUT2D eigenvalue weighted by molar-refractivity contribution is 7.27. The van der Waals surface area contributed by atoms with Crippen molar-refractivity contribution in [3.8, 4) is 9.75 Å². The minimum absolute atomic E-state index is 0.319. The predicted octanol–water partition coefficient (Wildman–Crippen LogP) is 7.40. The Morgan fingerprint density at radius 3 is 1.00 bits per heavy atom. The van der Waals surface area contributed by atoms with Crippen LogP contribution in [-0.4, -0.2) is 0 Å². The van der Waals surface area contributed by atoms with E-state index in [1.54, 1.807) is 0 Å². The van der Waals surface area contributed by atoms with Gasteiger partial charge in [-0.1, -0.05) is 69.6 Å². The van der Waals surface area contributed by atoms with Crippen molar-refractivity contribution in [3.05, 3.63) is 28.8 Å². The van der Waals surface area contributed by atoms with Crippen molar-refractivity contribution in [2.45, 2.75) is 0 Å². The average Bonchev–Trinajstić information content (AvgIpc) is 2.64. The SMILES string of the molecule is Clc1sc(-c2sc(Cl)c(Cl)c2Cl)c(Cl)c1Cl. The molecular formula is C8Cl6S2. The molecule has 16 heavy (non-hydrogen) atoms. The van der Waals surface area contributed by atoms with E-state index >= 15 is 0 Å². The largest absolute Gasteiger partial charge is 0.119 e. The molecule has 2 rings (SSSR count). The maximum absolute atomic E-state index is 6.04. The Bertz CT molecular complexity index is 505. The van der Waals surface area contributed by atoms with Gasteiger partial charge in [-0.2, -0.15) is 0 Å². The Labute approximate surface area is 130 Å². The van der Waals surface area contributed by atoms with E-state index in [0.717, 1.165) is 0 Å². The van der Waals surface area contributed by atoms with Gasteiger partial charge in [-0.3, -0.25) is 0 Å². The predicted molar refractivity (Wildman–Crippen MR) is 77.7 cm³/mol. The fourth-order valence-corrected chi connectivity index (χ4v) is 4.90.